The second kappa shape index (κ2) is 5.14. The van der Waals surface area contributed by atoms with Crippen molar-refractivity contribution in [1.82, 2.24) is 4.98 Å². The van der Waals surface area contributed by atoms with Crippen LogP contribution in [0.5, 0.6) is 0 Å². The van der Waals surface area contributed by atoms with Crippen LogP contribution in [0.15, 0.2) is 41.1 Å². The number of carbonyl (C=O) groups is 1. The van der Waals surface area contributed by atoms with E-state index < -0.39 is 0 Å². The number of hydrogen-bond acceptors (Lipinski definition) is 4. The van der Waals surface area contributed by atoms with Gasteiger partial charge in [-0.15, -0.1) is 0 Å². The number of anilines is 2. The van der Waals surface area contributed by atoms with Crippen LogP contribution in [0.4, 0.5) is 11.5 Å². The van der Waals surface area contributed by atoms with E-state index in [0.29, 0.717) is 12.4 Å². The van der Waals surface area contributed by atoms with Gasteiger partial charge in [-0.2, -0.15) is 0 Å². The summed E-state index contributed by atoms with van der Waals surface area (Å²) in [5, 5.41) is 6.00. The summed E-state index contributed by atoms with van der Waals surface area (Å²) in [6, 6.07) is 7.44. The number of nitrogens with zero attached hydrogens (tertiary/aromatic N) is 1. The zero-order chi connectivity index (χ0) is 13.1. The average Bonchev–Trinajstić information content (AvgIpc) is 3.16. The monoisotopic (exact) mass is 257 g/mol. The van der Waals surface area contributed by atoms with Crippen LogP contribution < -0.4 is 10.6 Å². The number of hydrogen-bond donors (Lipinski definition) is 2. The largest absolute Gasteiger partial charge is 0.467 e. The van der Waals surface area contributed by atoms with Gasteiger partial charge in [0.05, 0.1) is 24.7 Å². The van der Waals surface area contributed by atoms with E-state index >= 15 is 0 Å². The fourth-order valence-corrected chi connectivity index (χ4v) is 1.75. The minimum Gasteiger partial charge on any atom is -0.467 e. The third-order valence-corrected chi connectivity index (χ3v) is 3.01. The van der Waals surface area contributed by atoms with Crippen LogP contribution in [0.3, 0.4) is 0 Å². The van der Waals surface area contributed by atoms with Crippen LogP contribution in [-0.2, 0) is 11.3 Å². The van der Waals surface area contributed by atoms with Gasteiger partial charge in [-0.1, -0.05) is 0 Å². The van der Waals surface area contributed by atoms with Gasteiger partial charge in [-0.25, -0.2) is 4.98 Å². The maximum Gasteiger partial charge on any atom is 0.228 e. The molecular formula is C14H15N3O2. The van der Waals surface area contributed by atoms with Crippen LogP contribution in [0, 0.1) is 5.92 Å². The lowest BCUT2D eigenvalue weighted by molar-refractivity contribution is -0.117. The summed E-state index contributed by atoms with van der Waals surface area (Å²) in [4.78, 5) is 15.8. The molecule has 2 heterocycles. The van der Waals surface area contributed by atoms with Gasteiger partial charge in [0, 0.05) is 5.92 Å². The summed E-state index contributed by atoms with van der Waals surface area (Å²) in [6.45, 7) is 0.614. The fourth-order valence-electron chi connectivity index (χ4n) is 1.75. The number of aromatic nitrogens is 1. The quantitative estimate of drug-likeness (QED) is 0.864. The minimum atomic E-state index is 0.0730. The van der Waals surface area contributed by atoms with Gasteiger partial charge in [-0.3, -0.25) is 4.79 Å². The first-order chi connectivity index (χ1) is 9.31. The summed E-state index contributed by atoms with van der Waals surface area (Å²) in [6.07, 6.45) is 5.33. The number of carbonyl (C=O) groups excluding carboxylic acids is 1. The highest BCUT2D eigenvalue weighted by Crippen LogP contribution is 2.29. The highest BCUT2D eigenvalue weighted by atomic mass is 16.3. The van der Waals surface area contributed by atoms with Crippen LogP contribution in [0.2, 0.25) is 0 Å². The van der Waals surface area contributed by atoms with Crippen LogP contribution in [-0.4, -0.2) is 10.9 Å². The van der Waals surface area contributed by atoms with Gasteiger partial charge in [0.25, 0.3) is 0 Å². The lowest BCUT2D eigenvalue weighted by atomic mass is 10.3. The predicted molar refractivity (Wildman–Crippen MR) is 71.6 cm³/mol. The van der Waals surface area contributed by atoms with Crippen molar-refractivity contribution in [1.29, 1.82) is 0 Å². The molecule has 5 heteroatoms. The molecule has 5 nitrogen and oxygen atoms in total. The topological polar surface area (TPSA) is 67.2 Å². The second-order valence-corrected chi connectivity index (χ2v) is 4.63. The Kier molecular flexibility index (Phi) is 3.18. The van der Waals surface area contributed by atoms with E-state index in [-0.39, 0.29) is 11.8 Å². The second-order valence-electron chi connectivity index (χ2n) is 4.63. The van der Waals surface area contributed by atoms with Gasteiger partial charge < -0.3 is 15.1 Å². The first-order valence-electron chi connectivity index (χ1n) is 6.34. The third-order valence-electron chi connectivity index (χ3n) is 3.01. The maximum absolute atomic E-state index is 11.6. The molecule has 0 bridgehead atoms. The molecule has 0 aromatic carbocycles. The molecule has 2 N–H and O–H groups in total. The van der Waals surface area contributed by atoms with Gasteiger partial charge in [0.15, 0.2) is 0 Å². The summed E-state index contributed by atoms with van der Waals surface area (Å²) in [5.74, 6) is 1.73. The van der Waals surface area contributed by atoms with Crippen molar-refractivity contribution in [3.63, 3.8) is 0 Å². The molecule has 1 saturated carbocycles. The Morgan fingerprint density at radius 1 is 1.37 bits per heavy atom. The van der Waals surface area contributed by atoms with Crippen molar-refractivity contribution in [3.8, 4) is 0 Å². The van der Waals surface area contributed by atoms with Gasteiger partial charge in [0.2, 0.25) is 5.91 Å². The molecule has 0 spiro atoms. The van der Waals surface area contributed by atoms with Crippen molar-refractivity contribution in [2.75, 3.05) is 10.6 Å². The summed E-state index contributed by atoms with van der Waals surface area (Å²) >= 11 is 0. The summed E-state index contributed by atoms with van der Waals surface area (Å²) < 4.78 is 5.22. The molecule has 0 unspecified atom stereocenters. The van der Waals surface area contributed by atoms with Crippen LogP contribution in [0.1, 0.15) is 18.6 Å². The van der Waals surface area contributed by atoms with E-state index in [1.165, 1.54) is 0 Å². The first kappa shape index (κ1) is 11.8. The van der Waals surface area contributed by atoms with E-state index in [1.807, 2.05) is 18.2 Å². The summed E-state index contributed by atoms with van der Waals surface area (Å²) in [5.41, 5.74) is 0.890. The normalized spacial score (nSPS) is 14.1. The van der Waals surface area contributed by atoms with Crippen molar-refractivity contribution < 1.29 is 9.21 Å². The van der Waals surface area contributed by atoms with E-state index in [9.17, 15) is 4.79 Å². The minimum absolute atomic E-state index is 0.0730. The Bertz CT molecular complexity index is 545. The molecule has 0 saturated heterocycles. The predicted octanol–water partition coefficient (Wildman–Crippen LogP) is 2.64. The first-order valence-corrected chi connectivity index (χ1v) is 6.34. The average molecular weight is 257 g/mol. The highest BCUT2D eigenvalue weighted by Gasteiger charge is 2.29. The van der Waals surface area contributed by atoms with Crippen molar-refractivity contribution in [3.05, 3.63) is 42.5 Å². The number of furan rings is 1. The van der Waals surface area contributed by atoms with Gasteiger partial charge >= 0.3 is 0 Å². The summed E-state index contributed by atoms with van der Waals surface area (Å²) in [7, 11) is 0. The maximum atomic E-state index is 11.6. The Morgan fingerprint density at radius 2 is 2.26 bits per heavy atom. The number of nitrogens with one attached hydrogen (secondary N) is 2. The molecule has 1 aliphatic carbocycles. The highest BCUT2D eigenvalue weighted by molar-refractivity contribution is 5.93. The Morgan fingerprint density at radius 3 is 2.89 bits per heavy atom. The molecular weight excluding hydrogens is 242 g/mol. The van der Waals surface area contributed by atoms with Crippen LogP contribution in [0.25, 0.3) is 0 Å². The lowest BCUT2D eigenvalue weighted by Crippen LogP contribution is -2.14. The molecule has 98 valence electrons. The number of amides is 1. The molecule has 0 aliphatic heterocycles. The van der Waals surface area contributed by atoms with E-state index in [2.05, 4.69) is 15.6 Å². The van der Waals surface area contributed by atoms with Crippen LogP contribution >= 0.6 is 0 Å². The molecule has 0 radical (unpaired) electrons. The molecule has 1 amide bonds. The standard InChI is InChI=1S/C14H15N3O2/c18-14(10-3-4-10)17-13-6-5-11(8-16-13)15-9-12-2-1-7-19-12/h1-2,5-8,10,15H,3-4,9H2,(H,16,17,18). The van der Waals surface area contributed by atoms with Gasteiger partial charge in [-0.05, 0) is 37.1 Å². The Balaban J connectivity index is 1.54. The fraction of sp³-hybridized carbons (Fsp3) is 0.286. The molecule has 1 fully saturated rings. The smallest absolute Gasteiger partial charge is 0.228 e. The molecule has 1 aliphatic rings. The Labute approximate surface area is 111 Å². The molecule has 2 aromatic rings. The van der Waals surface area contributed by atoms with E-state index in [4.69, 9.17) is 4.42 Å². The van der Waals surface area contributed by atoms with E-state index in [0.717, 1.165) is 24.3 Å². The SMILES string of the molecule is O=C(Nc1ccc(NCc2ccco2)cn1)C1CC1. The van der Waals surface area contributed by atoms with Gasteiger partial charge in [0.1, 0.15) is 11.6 Å². The molecule has 3 rings (SSSR count). The number of pyridine rings is 1. The zero-order valence-corrected chi connectivity index (χ0v) is 10.4. The lowest BCUT2D eigenvalue weighted by Gasteiger charge is -2.06. The molecule has 0 atom stereocenters. The van der Waals surface area contributed by atoms with Crippen molar-refractivity contribution >= 4 is 17.4 Å². The van der Waals surface area contributed by atoms with E-state index in [1.54, 1.807) is 18.5 Å². The zero-order valence-electron chi connectivity index (χ0n) is 10.4. The molecule has 19 heavy (non-hydrogen) atoms. The van der Waals surface area contributed by atoms with Crippen molar-refractivity contribution in [2.45, 2.75) is 19.4 Å². The number of rotatable bonds is 5. The molecule has 2 aromatic heterocycles. The Hall–Kier alpha value is -2.30. The van der Waals surface area contributed by atoms with Crippen molar-refractivity contribution in [2.24, 2.45) is 5.92 Å². The third kappa shape index (κ3) is 3.13.